The highest BCUT2D eigenvalue weighted by Gasteiger charge is 2.43. The standard InChI is InChI=1S/C24H24F3N3O5/c1-16(29-35-20-8-4-18(5-9-20)24(25,26)27)17-2-6-19(7-3-17)33-14-21(31)30-12-10-23(11-13-30)15-28-22(32)34-23/h2-9H,10-15H2,1H3,(H,28,32). The van der Waals surface area contributed by atoms with Crippen molar-refractivity contribution in [3.05, 3.63) is 59.7 Å². The highest BCUT2D eigenvalue weighted by Crippen LogP contribution is 2.31. The molecule has 2 heterocycles. The Hall–Kier alpha value is -3.76. The summed E-state index contributed by atoms with van der Waals surface area (Å²) in [5, 5.41) is 6.62. The molecule has 2 aromatic carbocycles. The van der Waals surface area contributed by atoms with Gasteiger partial charge in [-0.1, -0.05) is 5.16 Å². The molecule has 2 amide bonds. The number of carbonyl (C=O) groups is 2. The number of hydrogen-bond acceptors (Lipinski definition) is 6. The first-order chi connectivity index (χ1) is 16.6. The third-order valence-electron chi connectivity index (χ3n) is 6.00. The maximum Gasteiger partial charge on any atom is 0.416 e. The number of ether oxygens (including phenoxy) is 2. The van der Waals surface area contributed by atoms with Crippen LogP contribution in [0.4, 0.5) is 18.0 Å². The van der Waals surface area contributed by atoms with Crippen LogP contribution in [0, 0.1) is 0 Å². The molecule has 186 valence electrons. The smallest absolute Gasteiger partial charge is 0.416 e. The van der Waals surface area contributed by atoms with Gasteiger partial charge in [0.25, 0.3) is 5.91 Å². The van der Waals surface area contributed by atoms with E-state index in [0.29, 0.717) is 43.9 Å². The first kappa shape index (κ1) is 24.4. The number of nitrogens with zero attached hydrogens (tertiary/aromatic N) is 2. The number of hydrogen-bond donors (Lipinski definition) is 1. The Balaban J connectivity index is 1.25. The number of oxime groups is 1. The Morgan fingerprint density at radius 2 is 1.71 bits per heavy atom. The van der Waals surface area contributed by atoms with Gasteiger partial charge in [-0.05, 0) is 61.0 Å². The molecule has 0 aromatic heterocycles. The molecule has 2 aromatic rings. The van der Waals surface area contributed by atoms with E-state index in [1.165, 1.54) is 12.1 Å². The molecule has 0 bridgehead atoms. The van der Waals surface area contributed by atoms with Crippen molar-refractivity contribution in [1.82, 2.24) is 10.2 Å². The molecule has 0 saturated carbocycles. The summed E-state index contributed by atoms with van der Waals surface area (Å²) >= 11 is 0. The van der Waals surface area contributed by atoms with Crippen LogP contribution >= 0.6 is 0 Å². The van der Waals surface area contributed by atoms with Gasteiger partial charge in [0.15, 0.2) is 12.4 Å². The van der Waals surface area contributed by atoms with E-state index < -0.39 is 23.4 Å². The molecule has 2 saturated heterocycles. The van der Waals surface area contributed by atoms with Crippen LogP contribution in [0.1, 0.15) is 30.9 Å². The predicted octanol–water partition coefficient (Wildman–Crippen LogP) is 3.99. The molecule has 0 radical (unpaired) electrons. The third kappa shape index (κ3) is 6.03. The average Bonchev–Trinajstić information content (AvgIpc) is 3.21. The van der Waals surface area contributed by atoms with Crippen LogP contribution in [0.5, 0.6) is 11.5 Å². The number of amides is 2. The lowest BCUT2D eigenvalue weighted by Gasteiger charge is -2.37. The van der Waals surface area contributed by atoms with Gasteiger partial charge in [0.2, 0.25) is 0 Å². The van der Waals surface area contributed by atoms with Crippen LogP contribution in [-0.2, 0) is 15.7 Å². The zero-order valence-electron chi connectivity index (χ0n) is 18.9. The quantitative estimate of drug-likeness (QED) is 0.488. The normalized spacial score (nSPS) is 17.7. The Kier molecular flexibility index (Phi) is 6.86. The number of halogens is 3. The summed E-state index contributed by atoms with van der Waals surface area (Å²) in [6, 6.07) is 11.1. The molecule has 4 rings (SSSR count). The third-order valence-corrected chi connectivity index (χ3v) is 6.00. The lowest BCUT2D eigenvalue weighted by Crippen LogP contribution is -2.49. The van der Waals surface area contributed by atoms with Gasteiger partial charge in [-0.25, -0.2) is 4.79 Å². The number of likely N-dealkylation sites (tertiary alicyclic amines) is 1. The predicted molar refractivity (Wildman–Crippen MR) is 119 cm³/mol. The lowest BCUT2D eigenvalue weighted by molar-refractivity contribution is -0.138. The molecule has 1 spiro atoms. The summed E-state index contributed by atoms with van der Waals surface area (Å²) in [7, 11) is 0. The minimum absolute atomic E-state index is 0.117. The molecule has 8 nitrogen and oxygen atoms in total. The van der Waals surface area contributed by atoms with Gasteiger partial charge >= 0.3 is 12.3 Å². The van der Waals surface area contributed by atoms with Crippen LogP contribution in [0.15, 0.2) is 53.7 Å². The fourth-order valence-electron chi connectivity index (χ4n) is 3.85. The van der Waals surface area contributed by atoms with E-state index in [9.17, 15) is 22.8 Å². The van der Waals surface area contributed by atoms with Crippen molar-refractivity contribution in [3.63, 3.8) is 0 Å². The van der Waals surface area contributed by atoms with Crippen LogP contribution in [0.25, 0.3) is 0 Å². The van der Waals surface area contributed by atoms with Crippen LogP contribution in [0.3, 0.4) is 0 Å². The van der Waals surface area contributed by atoms with E-state index in [0.717, 1.165) is 17.7 Å². The van der Waals surface area contributed by atoms with Crippen molar-refractivity contribution in [3.8, 4) is 11.5 Å². The Labute approximate surface area is 199 Å². The van der Waals surface area contributed by atoms with Crippen molar-refractivity contribution < 1.29 is 37.1 Å². The van der Waals surface area contributed by atoms with Gasteiger partial charge < -0.3 is 24.5 Å². The van der Waals surface area contributed by atoms with Gasteiger partial charge in [0.05, 0.1) is 17.8 Å². The molecule has 0 aliphatic carbocycles. The average molecular weight is 491 g/mol. The van der Waals surface area contributed by atoms with Crippen molar-refractivity contribution in [2.45, 2.75) is 31.5 Å². The van der Waals surface area contributed by atoms with Gasteiger partial charge in [-0.3, -0.25) is 4.79 Å². The maximum atomic E-state index is 12.6. The zero-order chi connectivity index (χ0) is 25.1. The molecule has 2 aliphatic heterocycles. The van der Waals surface area contributed by atoms with Crippen LogP contribution in [-0.4, -0.2) is 54.5 Å². The Bertz CT molecular complexity index is 1090. The second kappa shape index (κ2) is 9.85. The van der Waals surface area contributed by atoms with Crippen molar-refractivity contribution in [1.29, 1.82) is 0 Å². The van der Waals surface area contributed by atoms with Crippen molar-refractivity contribution in [2.75, 3.05) is 26.2 Å². The first-order valence-corrected chi connectivity index (χ1v) is 11.0. The zero-order valence-corrected chi connectivity index (χ0v) is 18.9. The van der Waals surface area contributed by atoms with Crippen LogP contribution < -0.4 is 14.9 Å². The largest absolute Gasteiger partial charge is 0.484 e. The van der Waals surface area contributed by atoms with Crippen molar-refractivity contribution >= 4 is 17.7 Å². The van der Waals surface area contributed by atoms with E-state index in [1.54, 1.807) is 36.1 Å². The van der Waals surface area contributed by atoms with E-state index in [1.807, 2.05) is 0 Å². The number of piperidine rings is 1. The van der Waals surface area contributed by atoms with E-state index in [2.05, 4.69) is 10.5 Å². The summed E-state index contributed by atoms with van der Waals surface area (Å²) < 4.78 is 48.9. The summed E-state index contributed by atoms with van der Waals surface area (Å²) in [4.78, 5) is 30.7. The molecule has 35 heavy (non-hydrogen) atoms. The summed E-state index contributed by atoms with van der Waals surface area (Å²) in [5.41, 5.74) is -0.0471. The lowest BCUT2D eigenvalue weighted by atomic mass is 9.91. The summed E-state index contributed by atoms with van der Waals surface area (Å²) in [6.07, 6.45) is -3.66. The number of nitrogens with one attached hydrogen (secondary N) is 1. The van der Waals surface area contributed by atoms with Gasteiger partial charge in [-0.15, -0.1) is 0 Å². The molecule has 2 aliphatic rings. The van der Waals surface area contributed by atoms with Gasteiger partial charge in [-0.2, -0.15) is 13.2 Å². The topological polar surface area (TPSA) is 89.5 Å². The Morgan fingerprint density at radius 3 is 2.29 bits per heavy atom. The summed E-state index contributed by atoms with van der Waals surface area (Å²) in [6.45, 7) is 3.03. The number of benzene rings is 2. The van der Waals surface area contributed by atoms with Crippen molar-refractivity contribution in [2.24, 2.45) is 5.16 Å². The number of alkyl carbamates (subject to hydrolysis) is 1. The van der Waals surface area contributed by atoms with E-state index in [4.69, 9.17) is 14.3 Å². The highest BCUT2D eigenvalue weighted by molar-refractivity contribution is 5.98. The molecule has 1 N–H and O–H groups in total. The monoisotopic (exact) mass is 491 g/mol. The maximum absolute atomic E-state index is 12.6. The SMILES string of the molecule is CC(=NOc1ccc(C(F)(F)F)cc1)c1ccc(OCC(=O)N2CCC3(CC2)CNC(=O)O3)cc1. The fraction of sp³-hybridized carbons (Fsp3) is 0.375. The molecule has 0 unspecified atom stereocenters. The first-order valence-electron chi connectivity index (χ1n) is 11.0. The van der Waals surface area contributed by atoms with E-state index >= 15 is 0 Å². The van der Waals surface area contributed by atoms with E-state index in [-0.39, 0.29) is 18.3 Å². The second-order valence-electron chi connectivity index (χ2n) is 8.41. The summed E-state index contributed by atoms with van der Waals surface area (Å²) in [5.74, 6) is 0.534. The number of carbonyl (C=O) groups excluding carboxylic acids is 2. The minimum atomic E-state index is -4.41. The Morgan fingerprint density at radius 1 is 1.09 bits per heavy atom. The molecular formula is C24H24F3N3O5. The molecular weight excluding hydrogens is 467 g/mol. The minimum Gasteiger partial charge on any atom is -0.484 e. The molecule has 0 atom stereocenters. The van der Waals surface area contributed by atoms with Gasteiger partial charge in [0, 0.05) is 25.9 Å². The second-order valence-corrected chi connectivity index (χ2v) is 8.41. The number of alkyl halides is 3. The van der Waals surface area contributed by atoms with Crippen LogP contribution in [0.2, 0.25) is 0 Å². The fourth-order valence-corrected chi connectivity index (χ4v) is 3.85. The number of rotatable bonds is 6. The molecule has 2 fully saturated rings. The molecule has 11 heteroatoms. The highest BCUT2D eigenvalue weighted by atomic mass is 19.4. The van der Waals surface area contributed by atoms with Gasteiger partial charge in [0.1, 0.15) is 11.4 Å².